The lowest BCUT2D eigenvalue weighted by Crippen LogP contribution is -2.16. The van der Waals surface area contributed by atoms with Crippen LogP contribution in [0, 0.1) is 0 Å². The Kier molecular flexibility index (Phi) is 3.96. The van der Waals surface area contributed by atoms with E-state index in [0.717, 1.165) is 17.6 Å². The second-order valence-electron chi connectivity index (χ2n) is 4.60. The number of H-pyrrole nitrogens is 1. The standard InChI is InChI=1S/C12H20N6/c1-3-4-5-6-8(2)15-10-9-7-14-18-11(9)17-12(13)16-10/h7-8H,3-6H2,1-2H3,(H4,13,14,15,16,17,18). The molecule has 0 saturated carbocycles. The van der Waals surface area contributed by atoms with Crippen molar-refractivity contribution in [1.29, 1.82) is 0 Å². The molecule has 0 aliphatic rings. The molecule has 0 aliphatic heterocycles. The van der Waals surface area contributed by atoms with Gasteiger partial charge in [0, 0.05) is 6.04 Å². The molecule has 1 atom stereocenters. The van der Waals surface area contributed by atoms with Crippen LogP contribution in [0.2, 0.25) is 0 Å². The molecule has 0 radical (unpaired) electrons. The average molecular weight is 248 g/mol. The van der Waals surface area contributed by atoms with Gasteiger partial charge in [0.25, 0.3) is 0 Å². The number of aromatic amines is 1. The number of anilines is 2. The third kappa shape index (κ3) is 2.88. The number of rotatable bonds is 6. The number of nitrogens with one attached hydrogen (secondary N) is 2. The van der Waals surface area contributed by atoms with Crippen LogP contribution in [0.5, 0.6) is 0 Å². The Balaban J connectivity index is 2.08. The van der Waals surface area contributed by atoms with Crippen molar-refractivity contribution in [2.45, 2.75) is 45.6 Å². The van der Waals surface area contributed by atoms with Gasteiger partial charge in [0.2, 0.25) is 5.95 Å². The van der Waals surface area contributed by atoms with E-state index in [1.165, 1.54) is 19.3 Å². The molecule has 0 aromatic carbocycles. The Bertz CT molecular complexity index is 506. The normalized spacial score (nSPS) is 12.8. The molecule has 98 valence electrons. The second-order valence-corrected chi connectivity index (χ2v) is 4.60. The monoisotopic (exact) mass is 248 g/mol. The molecular formula is C12H20N6. The molecule has 0 saturated heterocycles. The van der Waals surface area contributed by atoms with Crippen LogP contribution in [0.15, 0.2) is 6.20 Å². The molecule has 2 aromatic rings. The van der Waals surface area contributed by atoms with E-state index in [9.17, 15) is 0 Å². The van der Waals surface area contributed by atoms with E-state index < -0.39 is 0 Å². The SMILES string of the molecule is CCCCCC(C)Nc1nc(N)nc2[nH]ncc12. The predicted octanol–water partition coefficient (Wildman–Crippen LogP) is 2.32. The fourth-order valence-electron chi connectivity index (χ4n) is 1.97. The predicted molar refractivity (Wildman–Crippen MR) is 73.3 cm³/mol. The van der Waals surface area contributed by atoms with Gasteiger partial charge in [-0.3, -0.25) is 5.10 Å². The van der Waals surface area contributed by atoms with Crippen LogP contribution in [-0.4, -0.2) is 26.2 Å². The van der Waals surface area contributed by atoms with Crippen molar-refractivity contribution in [3.63, 3.8) is 0 Å². The topological polar surface area (TPSA) is 92.5 Å². The largest absolute Gasteiger partial charge is 0.368 e. The summed E-state index contributed by atoms with van der Waals surface area (Å²) >= 11 is 0. The Morgan fingerprint density at radius 2 is 2.22 bits per heavy atom. The number of aromatic nitrogens is 4. The highest BCUT2D eigenvalue weighted by molar-refractivity contribution is 5.86. The number of nitrogen functional groups attached to an aromatic ring is 1. The Morgan fingerprint density at radius 3 is 3.00 bits per heavy atom. The summed E-state index contributed by atoms with van der Waals surface area (Å²) in [6, 6.07) is 0.365. The molecular weight excluding hydrogens is 228 g/mol. The zero-order chi connectivity index (χ0) is 13.0. The summed E-state index contributed by atoms with van der Waals surface area (Å²) in [6.45, 7) is 4.36. The van der Waals surface area contributed by atoms with Gasteiger partial charge in [0.05, 0.1) is 11.6 Å². The number of nitrogens with two attached hydrogens (primary N) is 1. The lowest BCUT2D eigenvalue weighted by atomic mass is 10.1. The minimum absolute atomic E-state index is 0.259. The van der Waals surface area contributed by atoms with E-state index in [-0.39, 0.29) is 5.95 Å². The lowest BCUT2D eigenvalue weighted by Gasteiger charge is -2.14. The molecule has 2 rings (SSSR count). The highest BCUT2D eigenvalue weighted by Crippen LogP contribution is 2.20. The van der Waals surface area contributed by atoms with E-state index in [2.05, 4.69) is 39.3 Å². The molecule has 0 spiro atoms. The summed E-state index contributed by atoms with van der Waals surface area (Å²) in [7, 11) is 0. The minimum atomic E-state index is 0.259. The van der Waals surface area contributed by atoms with Crippen molar-refractivity contribution in [1.82, 2.24) is 20.2 Å². The molecule has 18 heavy (non-hydrogen) atoms. The van der Waals surface area contributed by atoms with Gasteiger partial charge in [-0.1, -0.05) is 26.2 Å². The number of fused-ring (bicyclic) bond motifs is 1. The summed E-state index contributed by atoms with van der Waals surface area (Å²) < 4.78 is 0. The van der Waals surface area contributed by atoms with Crippen LogP contribution < -0.4 is 11.1 Å². The van der Waals surface area contributed by atoms with Crippen LogP contribution in [0.25, 0.3) is 11.0 Å². The molecule has 0 bridgehead atoms. The maximum absolute atomic E-state index is 5.67. The molecule has 2 aromatic heterocycles. The highest BCUT2D eigenvalue weighted by atomic mass is 15.2. The second kappa shape index (κ2) is 5.66. The smallest absolute Gasteiger partial charge is 0.224 e. The third-order valence-corrected chi connectivity index (χ3v) is 2.95. The van der Waals surface area contributed by atoms with Crippen LogP contribution in [0.4, 0.5) is 11.8 Å². The van der Waals surface area contributed by atoms with Gasteiger partial charge < -0.3 is 11.1 Å². The molecule has 0 amide bonds. The first-order chi connectivity index (χ1) is 8.70. The van der Waals surface area contributed by atoms with Gasteiger partial charge in [0.15, 0.2) is 5.65 Å². The Hall–Kier alpha value is -1.85. The van der Waals surface area contributed by atoms with Gasteiger partial charge in [-0.2, -0.15) is 15.1 Å². The van der Waals surface area contributed by atoms with Crippen molar-refractivity contribution in [2.24, 2.45) is 0 Å². The van der Waals surface area contributed by atoms with E-state index in [4.69, 9.17) is 5.73 Å². The maximum atomic E-state index is 5.67. The van der Waals surface area contributed by atoms with Crippen molar-refractivity contribution in [3.8, 4) is 0 Å². The zero-order valence-corrected chi connectivity index (χ0v) is 10.9. The minimum Gasteiger partial charge on any atom is -0.368 e. The number of nitrogens with zero attached hydrogens (tertiary/aromatic N) is 3. The van der Waals surface area contributed by atoms with E-state index in [1.807, 2.05) is 0 Å². The van der Waals surface area contributed by atoms with E-state index in [0.29, 0.717) is 11.7 Å². The van der Waals surface area contributed by atoms with Crippen molar-refractivity contribution in [3.05, 3.63) is 6.20 Å². The van der Waals surface area contributed by atoms with E-state index in [1.54, 1.807) is 6.20 Å². The Labute approximate surface area is 106 Å². The van der Waals surface area contributed by atoms with Gasteiger partial charge in [-0.15, -0.1) is 0 Å². The lowest BCUT2D eigenvalue weighted by molar-refractivity contribution is 0.614. The van der Waals surface area contributed by atoms with Gasteiger partial charge in [-0.25, -0.2) is 0 Å². The summed E-state index contributed by atoms with van der Waals surface area (Å²) in [5.74, 6) is 1.02. The van der Waals surface area contributed by atoms with Gasteiger partial charge in [-0.05, 0) is 13.3 Å². The van der Waals surface area contributed by atoms with Gasteiger partial charge in [0.1, 0.15) is 5.82 Å². The summed E-state index contributed by atoms with van der Waals surface area (Å²) in [5.41, 5.74) is 6.34. The molecule has 6 nitrogen and oxygen atoms in total. The van der Waals surface area contributed by atoms with Crippen molar-refractivity contribution < 1.29 is 0 Å². The summed E-state index contributed by atoms with van der Waals surface area (Å²) in [5, 5.41) is 11.0. The fraction of sp³-hybridized carbons (Fsp3) is 0.583. The average Bonchev–Trinajstić information content (AvgIpc) is 2.77. The molecule has 2 heterocycles. The quantitative estimate of drug-likeness (QED) is 0.682. The zero-order valence-electron chi connectivity index (χ0n) is 10.9. The van der Waals surface area contributed by atoms with Crippen LogP contribution in [0.3, 0.4) is 0 Å². The molecule has 0 fully saturated rings. The van der Waals surface area contributed by atoms with Gasteiger partial charge >= 0.3 is 0 Å². The first-order valence-electron chi connectivity index (χ1n) is 6.43. The Morgan fingerprint density at radius 1 is 1.39 bits per heavy atom. The van der Waals surface area contributed by atoms with Crippen molar-refractivity contribution >= 4 is 22.8 Å². The number of hydrogen-bond donors (Lipinski definition) is 3. The number of unbranched alkanes of at least 4 members (excludes halogenated alkanes) is 2. The third-order valence-electron chi connectivity index (χ3n) is 2.95. The molecule has 0 aliphatic carbocycles. The highest BCUT2D eigenvalue weighted by Gasteiger charge is 2.10. The molecule has 4 N–H and O–H groups in total. The molecule has 6 heteroatoms. The first-order valence-corrected chi connectivity index (χ1v) is 6.43. The molecule has 1 unspecified atom stereocenters. The summed E-state index contributed by atoms with van der Waals surface area (Å²) in [6.07, 6.45) is 6.56. The van der Waals surface area contributed by atoms with E-state index >= 15 is 0 Å². The van der Waals surface area contributed by atoms with Crippen molar-refractivity contribution in [2.75, 3.05) is 11.1 Å². The van der Waals surface area contributed by atoms with Crippen LogP contribution in [-0.2, 0) is 0 Å². The van der Waals surface area contributed by atoms with Crippen LogP contribution >= 0.6 is 0 Å². The maximum Gasteiger partial charge on any atom is 0.224 e. The first kappa shape index (κ1) is 12.6. The fourth-order valence-corrected chi connectivity index (χ4v) is 1.97. The number of hydrogen-bond acceptors (Lipinski definition) is 5. The summed E-state index contributed by atoms with van der Waals surface area (Å²) in [4.78, 5) is 8.32. The van der Waals surface area contributed by atoms with Crippen LogP contribution in [0.1, 0.15) is 39.5 Å².